The topological polar surface area (TPSA) is 79.5 Å². The Morgan fingerprint density at radius 1 is 1.13 bits per heavy atom. The van der Waals surface area contributed by atoms with Crippen LogP contribution in [0.2, 0.25) is 0 Å². The maximum Gasteiger partial charge on any atom is 0.319 e. The number of anilines is 2. The Bertz CT molecular complexity index is 540. The van der Waals surface area contributed by atoms with Gasteiger partial charge in [0, 0.05) is 24.5 Å². The van der Waals surface area contributed by atoms with Gasteiger partial charge in [-0.25, -0.2) is 4.79 Å². The number of hydrogen-bond donors (Lipinski definition) is 3. The first kappa shape index (κ1) is 17.3. The van der Waals surface area contributed by atoms with Gasteiger partial charge in [-0.15, -0.1) is 0 Å². The Balaban J connectivity index is 1.84. The van der Waals surface area contributed by atoms with E-state index in [9.17, 15) is 9.59 Å². The first-order chi connectivity index (χ1) is 11.1. The lowest BCUT2D eigenvalue weighted by molar-refractivity contribution is -0.119. The lowest BCUT2D eigenvalue weighted by Gasteiger charge is -2.26. The number of rotatable bonds is 5. The summed E-state index contributed by atoms with van der Waals surface area (Å²) in [5, 5.41) is 8.53. The van der Waals surface area contributed by atoms with Crippen molar-refractivity contribution in [2.75, 3.05) is 24.4 Å². The fraction of sp³-hybridized carbons (Fsp3) is 0.529. The second-order valence-electron chi connectivity index (χ2n) is 6.12. The van der Waals surface area contributed by atoms with Crippen LogP contribution >= 0.6 is 0 Å². The molecule has 1 aromatic carbocycles. The van der Waals surface area contributed by atoms with Gasteiger partial charge in [0.2, 0.25) is 5.91 Å². The number of urea groups is 1. The summed E-state index contributed by atoms with van der Waals surface area (Å²) in [6.07, 6.45) is 4.38. The monoisotopic (exact) mass is 319 g/mol. The quantitative estimate of drug-likeness (QED) is 0.780. The predicted octanol–water partition coefficient (Wildman–Crippen LogP) is 2.97. The minimum absolute atomic E-state index is 0.00174. The van der Waals surface area contributed by atoms with Gasteiger partial charge in [-0.05, 0) is 49.8 Å². The molecule has 0 spiro atoms. The van der Waals surface area contributed by atoms with Crippen LogP contribution < -0.4 is 16.0 Å². The number of hydrogen-bond acceptors (Lipinski definition) is 3. The highest BCUT2D eigenvalue weighted by Gasteiger charge is 2.19. The minimum Gasteiger partial charge on any atom is -0.375 e. The molecule has 0 saturated heterocycles. The van der Waals surface area contributed by atoms with E-state index in [1.165, 1.54) is 7.11 Å². The van der Waals surface area contributed by atoms with Crippen molar-refractivity contribution in [1.29, 1.82) is 0 Å². The maximum absolute atomic E-state index is 12.1. The summed E-state index contributed by atoms with van der Waals surface area (Å²) in [7, 11) is 1.47. The van der Waals surface area contributed by atoms with E-state index in [4.69, 9.17) is 4.74 Å². The van der Waals surface area contributed by atoms with Gasteiger partial charge in [-0.3, -0.25) is 4.79 Å². The van der Waals surface area contributed by atoms with Gasteiger partial charge in [0.1, 0.15) is 6.61 Å². The molecule has 6 heteroatoms. The van der Waals surface area contributed by atoms with Gasteiger partial charge in [0.15, 0.2) is 0 Å². The third kappa shape index (κ3) is 5.90. The molecular weight excluding hydrogens is 294 g/mol. The van der Waals surface area contributed by atoms with Gasteiger partial charge < -0.3 is 20.7 Å². The van der Waals surface area contributed by atoms with Gasteiger partial charge in [0.05, 0.1) is 0 Å². The molecule has 1 fully saturated rings. The van der Waals surface area contributed by atoms with Gasteiger partial charge >= 0.3 is 6.03 Å². The molecule has 0 heterocycles. The van der Waals surface area contributed by atoms with E-state index in [1.807, 2.05) is 0 Å². The molecule has 0 radical (unpaired) electrons. The normalized spacial score (nSPS) is 20.6. The number of carbonyl (C=O) groups excluding carboxylic acids is 2. The molecule has 0 aromatic heterocycles. The van der Waals surface area contributed by atoms with Crippen molar-refractivity contribution < 1.29 is 14.3 Å². The van der Waals surface area contributed by atoms with Crippen molar-refractivity contribution in [3.8, 4) is 0 Å². The fourth-order valence-electron chi connectivity index (χ4n) is 2.76. The van der Waals surface area contributed by atoms with Crippen LogP contribution in [-0.4, -0.2) is 31.7 Å². The highest BCUT2D eigenvalue weighted by molar-refractivity contribution is 5.94. The van der Waals surface area contributed by atoms with Crippen LogP contribution in [0.15, 0.2) is 24.3 Å². The Labute approximate surface area is 137 Å². The molecule has 3 amide bonds. The first-order valence-corrected chi connectivity index (χ1v) is 8.03. The van der Waals surface area contributed by atoms with E-state index in [1.54, 1.807) is 24.3 Å². The van der Waals surface area contributed by atoms with Crippen molar-refractivity contribution >= 4 is 23.3 Å². The van der Waals surface area contributed by atoms with Crippen molar-refractivity contribution in [2.24, 2.45) is 5.92 Å². The summed E-state index contributed by atoms with van der Waals surface area (Å²) in [6, 6.07) is 7.09. The van der Waals surface area contributed by atoms with Crippen LogP contribution in [-0.2, 0) is 9.53 Å². The average molecular weight is 319 g/mol. The van der Waals surface area contributed by atoms with E-state index < -0.39 is 0 Å². The van der Waals surface area contributed by atoms with Crippen molar-refractivity contribution in [1.82, 2.24) is 5.32 Å². The van der Waals surface area contributed by atoms with Crippen LogP contribution in [0.4, 0.5) is 16.2 Å². The van der Waals surface area contributed by atoms with Gasteiger partial charge in [-0.1, -0.05) is 13.0 Å². The largest absolute Gasteiger partial charge is 0.375 e. The number of amides is 3. The molecule has 6 nitrogen and oxygen atoms in total. The molecule has 0 atom stereocenters. The zero-order chi connectivity index (χ0) is 16.7. The highest BCUT2D eigenvalue weighted by atomic mass is 16.5. The van der Waals surface area contributed by atoms with E-state index in [0.29, 0.717) is 11.4 Å². The van der Waals surface area contributed by atoms with E-state index in [2.05, 4.69) is 22.9 Å². The molecule has 3 N–H and O–H groups in total. The third-order valence-corrected chi connectivity index (χ3v) is 4.03. The Hall–Kier alpha value is -2.08. The summed E-state index contributed by atoms with van der Waals surface area (Å²) in [6.45, 7) is 2.25. The number of ether oxygens (including phenoxy) is 1. The number of carbonyl (C=O) groups is 2. The number of methoxy groups -OCH3 is 1. The van der Waals surface area contributed by atoms with Crippen molar-refractivity contribution in [2.45, 2.75) is 38.6 Å². The average Bonchev–Trinajstić information content (AvgIpc) is 2.50. The molecule has 1 aliphatic rings. The first-order valence-electron chi connectivity index (χ1n) is 8.03. The molecule has 0 unspecified atom stereocenters. The lowest BCUT2D eigenvalue weighted by Crippen LogP contribution is -2.39. The standard InChI is InChI=1S/C17H25N3O3/c1-12-6-8-13(9-7-12)19-17(22)20-15-5-3-4-14(10-15)18-16(21)11-23-2/h3-5,10,12-13H,6-9,11H2,1-2H3,(H,18,21)(H2,19,20,22). The lowest BCUT2D eigenvalue weighted by atomic mass is 9.87. The van der Waals surface area contributed by atoms with E-state index >= 15 is 0 Å². The number of benzene rings is 1. The Morgan fingerprint density at radius 2 is 1.78 bits per heavy atom. The van der Waals surface area contributed by atoms with Gasteiger partial charge in [0.25, 0.3) is 0 Å². The third-order valence-electron chi connectivity index (χ3n) is 4.03. The summed E-state index contributed by atoms with van der Waals surface area (Å²) in [5.41, 5.74) is 1.26. The Kier molecular flexibility index (Phi) is 6.40. The van der Waals surface area contributed by atoms with Crippen LogP contribution in [0.5, 0.6) is 0 Å². The SMILES string of the molecule is COCC(=O)Nc1cccc(NC(=O)NC2CCC(C)CC2)c1. The zero-order valence-corrected chi connectivity index (χ0v) is 13.7. The Morgan fingerprint density at radius 3 is 2.43 bits per heavy atom. The van der Waals surface area contributed by atoms with Crippen LogP contribution in [0.1, 0.15) is 32.6 Å². The van der Waals surface area contributed by atoms with E-state index in [-0.39, 0.29) is 24.6 Å². The van der Waals surface area contributed by atoms with Crippen LogP contribution in [0, 0.1) is 5.92 Å². The van der Waals surface area contributed by atoms with Gasteiger partial charge in [-0.2, -0.15) is 0 Å². The second-order valence-corrected chi connectivity index (χ2v) is 6.12. The molecule has 0 aliphatic heterocycles. The molecular formula is C17H25N3O3. The summed E-state index contributed by atoms with van der Waals surface area (Å²) in [5.74, 6) is 0.522. The summed E-state index contributed by atoms with van der Waals surface area (Å²) >= 11 is 0. The summed E-state index contributed by atoms with van der Waals surface area (Å²) in [4.78, 5) is 23.6. The molecule has 1 saturated carbocycles. The molecule has 1 aromatic rings. The molecule has 0 bridgehead atoms. The molecule has 1 aliphatic carbocycles. The predicted molar refractivity (Wildman–Crippen MR) is 90.5 cm³/mol. The molecule has 126 valence electrons. The van der Waals surface area contributed by atoms with Crippen LogP contribution in [0.3, 0.4) is 0 Å². The summed E-state index contributed by atoms with van der Waals surface area (Å²) < 4.78 is 4.77. The zero-order valence-electron chi connectivity index (χ0n) is 13.7. The molecule has 2 rings (SSSR count). The van der Waals surface area contributed by atoms with Crippen molar-refractivity contribution in [3.05, 3.63) is 24.3 Å². The fourth-order valence-corrected chi connectivity index (χ4v) is 2.76. The molecule has 23 heavy (non-hydrogen) atoms. The highest BCUT2D eigenvalue weighted by Crippen LogP contribution is 2.23. The number of nitrogens with one attached hydrogen (secondary N) is 3. The minimum atomic E-state index is -0.231. The second kappa shape index (κ2) is 8.53. The van der Waals surface area contributed by atoms with E-state index in [0.717, 1.165) is 31.6 Å². The maximum atomic E-state index is 12.1. The van der Waals surface area contributed by atoms with Crippen LogP contribution in [0.25, 0.3) is 0 Å². The smallest absolute Gasteiger partial charge is 0.319 e. The van der Waals surface area contributed by atoms with Crippen molar-refractivity contribution in [3.63, 3.8) is 0 Å².